The second-order valence-electron chi connectivity index (χ2n) is 5.05. The third-order valence-corrected chi connectivity index (χ3v) is 4.24. The number of aromatic nitrogens is 3. The maximum Gasteiger partial charge on any atom is 0.137 e. The molecule has 1 aliphatic rings. The average Bonchev–Trinajstić information content (AvgIpc) is 3.15. The van der Waals surface area contributed by atoms with Gasteiger partial charge in [-0.1, -0.05) is 12.1 Å². The maximum atomic E-state index is 4.55. The Balaban J connectivity index is 1.79. The van der Waals surface area contributed by atoms with Crippen LogP contribution in [0.5, 0.6) is 0 Å². The van der Waals surface area contributed by atoms with Crippen LogP contribution in [0.3, 0.4) is 0 Å². The number of halogens is 1. The Morgan fingerprint density at radius 2 is 2.14 bits per heavy atom. The summed E-state index contributed by atoms with van der Waals surface area (Å²) in [6.07, 6.45) is 4.09. The van der Waals surface area contributed by atoms with E-state index in [2.05, 4.69) is 61.1 Å². The highest BCUT2D eigenvalue weighted by atomic mass is 127. The SMILES string of the molecule is Ic1cccc(-c2cnc3[nH]c(C4=CCNC4)cc3c2)n1. The minimum atomic E-state index is 0.915. The van der Waals surface area contributed by atoms with Crippen LogP contribution >= 0.6 is 22.6 Å². The van der Waals surface area contributed by atoms with Gasteiger partial charge in [-0.3, -0.25) is 0 Å². The Bertz CT molecular complexity index is 850. The van der Waals surface area contributed by atoms with Crippen molar-refractivity contribution in [3.63, 3.8) is 0 Å². The molecule has 104 valence electrons. The average molecular weight is 388 g/mol. The fraction of sp³-hybridized carbons (Fsp3) is 0.125. The van der Waals surface area contributed by atoms with Gasteiger partial charge in [0.1, 0.15) is 9.35 Å². The molecule has 4 nitrogen and oxygen atoms in total. The topological polar surface area (TPSA) is 53.6 Å². The first-order valence-electron chi connectivity index (χ1n) is 6.81. The van der Waals surface area contributed by atoms with Crippen LogP contribution in [-0.2, 0) is 0 Å². The molecule has 0 aliphatic carbocycles. The zero-order valence-corrected chi connectivity index (χ0v) is 13.4. The normalized spacial score (nSPS) is 14.6. The first-order chi connectivity index (χ1) is 10.3. The number of aromatic amines is 1. The Labute approximate surface area is 135 Å². The van der Waals surface area contributed by atoms with Crippen LogP contribution in [0.15, 0.2) is 42.6 Å². The van der Waals surface area contributed by atoms with Crippen molar-refractivity contribution in [2.24, 2.45) is 0 Å². The van der Waals surface area contributed by atoms with E-state index in [1.54, 1.807) is 0 Å². The van der Waals surface area contributed by atoms with Crippen molar-refractivity contribution >= 4 is 39.2 Å². The first-order valence-corrected chi connectivity index (χ1v) is 7.89. The van der Waals surface area contributed by atoms with Gasteiger partial charge in [0.2, 0.25) is 0 Å². The van der Waals surface area contributed by atoms with Gasteiger partial charge in [0.05, 0.1) is 5.69 Å². The molecule has 4 heterocycles. The standard InChI is InChI=1S/C16H13IN4/c17-15-3-1-2-13(20-15)12-6-11-7-14(10-4-5-18-8-10)21-16(11)19-9-12/h1-4,6-7,9,18H,5,8H2,(H,19,21). The van der Waals surface area contributed by atoms with E-state index in [1.165, 1.54) is 5.57 Å². The largest absolute Gasteiger partial charge is 0.339 e. The molecule has 0 bridgehead atoms. The number of nitrogens with one attached hydrogen (secondary N) is 2. The number of hydrogen-bond acceptors (Lipinski definition) is 3. The zero-order chi connectivity index (χ0) is 14.2. The third-order valence-electron chi connectivity index (χ3n) is 3.64. The van der Waals surface area contributed by atoms with Crippen LogP contribution in [0.4, 0.5) is 0 Å². The predicted octanol–water partition coefficient (Wildman–Crippen LogP) is 3.22. The molecule has 3 aromatic rings. The van der Waals surface area contributed by atoms with Gasteiger partial charge in [0, 0.05) is 35.9 Å². The Hall–Kier alpha value is -1.73. The summed E-state index contributed by atoms with van der Waals surface area (Å²) in [5.41, 5.74) is 5.38. The molecule has 2 N–H and O–H groups in total. The van der Waals surface area contributed by atoms with E-state index < -0.39 is 0 Å². The fourth-order valence-corrected chi connectivity index (χ4v) is 3.04. The van der Waals surface area contributed by atoms with Crippen LogP contribution in [0.25, 0.3) is 27.9 Å². The monoisotopic (exact) mass is 388 g/mol. The van der Waals surface area contributed by atoms with Gasteiger partial charge in [0.15, 0.2) is 0 Å². The lowest BCUT2D eigenvalue weighted by Crippen LogP contribution is -2.07. The van der Waals surface area contributed by atoms with Crippen molar-refractivity contribution in [3.8, 4) is 11.3 Å². The summed E-state index contributed by atoms with van der Waals surface area (Å²) in [4.78, 5) is 12.5. The molecule has 0 saturated carbocycles. The number of rotatable bonds is 2. The molecule has 0 atom stereocenters. The molecular formula is C16H13IN4. The summed E-state index contributed by atoms with van der Waals surface area (Å²) >= 11 is 2.23. The number of pyridine rings is 2. The van der Waals surface area contributed by atoms with E-state index >= 15 is 0 Å². The highest BCUT2D eigenvalue weighted by Crippen LogP contribution is 2.25. The molecule has 0 amide bonds. The van der Waals surface area contributed by atoms with Gasteiger partial charge in [-0.25, -0.2) is 9.97 Å². The second-order valence-corrected chi connectivity index (χ2v) is 6.16. The van der Waals surface area contributed by atoms with E-state index in [4.69, 9.17) is 0 Å². The molecule has 21 heavy (non-hydrogen) atoms. The second kappa shape index (κ2) is 5.23. The van der Waals surface area contributed by atoms with Crippen molar-refractivity contribution in [1.82, 2.24) is 20.3 Å². The minimum absolute atomic E-state index is 0.915. The van der Waals surface area contributed by atoms with E-state index in [0.29, 0.717) is 0 Å². The molecule has 0 spiro atoms. The van der Waals surface area contributed by atoms with Crippen LogP contribution in [0.2, 0.25) is 0 Å². The first kappa shape index (κ1) is 13.0. The molecule has 3 aromatic heterocycles. The van der Waals surface area contributed by atoms with Gasteiger partial charge >= 0.3 is 0 Å². The number of fused-ring (bicyclic) bond motifs is 1. The number of H-pyrrole nitrogens is 1. The lowest BCUT2D eigenvalue weighted by Gasteiger charge is -2.00. The van der Waals surface area contributed by atoms with Crippen molar-refractivity contribution in [1.29, 1.82) is 0 Å². The van der Waals surface area contributed by atoms with E-state index in [1.807, 2.05) is 24.4 Å². The van der Waals surface area contributed by atoms with E-state index in [-0.39, 0.29) is 0 Å². The van der Waals surface area contributed by atoms with Crippen molar-refractivity contribution in [3.05, 3.63) is 52.0 Å². The van der Waals surface area contributed by atoms with Crippen molar-refractivity contribution < 1.29 is 0 Å². The number of hydrogen-bond donors (Lipinski definition) is 2. The van der Waals surface area contributed by atoms with Gasteiger partial charge in [-0.15, -0.1) is 0 Å². The van der Waals surface area contributed by atoms with Crippen molar-refractivity contribution in [2.75, 3.05) is 13.1 Å². The Kier molecular flexibility index (Phi) is 3.23. The lowest BCUT2D eigenvalue weighted by molar-refractivity contribution is 0.896. The molecular weight excluding hydrogens is 375 g/mol. The van der Waals surface area contributed by atoms with Crippen molar-refractivity contribution in [2.45, 2.75) is 0 Å². The highest BCUT2D eigenvalue weighted by Gasteiger charge is 2.11. The summed E-state index contributed by atoms with van der Waals surface area (Å²) in [7, 11) is 0. The van der Waals surface area contributed by atoms with E-state index in [0.717, 1.165) is 44.8 Å². The van der Waals surface area contributed by atoms with Crippen LogP contribution < -0.4 is 5.32 Å². The molecule has 0 fully saturated rings. The molecule has 0 unspecified atom stereocenters. The molecule has 1 aliphatic heterocycles. The van der Waals surface area contributed by atoms with Crippen LogP contribution in [0.1, 0.15) is 5.69 Å². The Morgan fingerprint density at radius 3 is 2.95 bits per heavy atom. The predicted molar refractivity (Wildman–Crippen MR) is 92.9 cm³/mol. The molecule has 4 rings (SSSR count). The quantitative estimate of drug-likeness (QED) is 0.524. The molecule has 0 saturated heterocycles. The highest BCUT2D eigenvalue weighted by molar-refractivity contribution is 14.1. The fourth-order valence-electron chi connectivity index (χ4n) is 2.58. The summed E-state index contributed by atoms with van der Waals surface area (Å²) < 4.78 is 0.988. The lowest BCUT2D eigenvalue weighted by atomic mass is 10.1. The summed E-state index contributed by atoms with van der Waals surface area (Å²) in [6, 6.07) is 10.3. The molecule has 0 radical (unpaired) electrons. The summed E-state index contributed by atoms with van der Waals surface area (Å²) in [5.74, 6) is 0. The van der Waals surface area contributed by atoms with Gasteiger partial charge in [-0.05, 0) is 52.4 Å². The molecule has 5 heteroatoms. The zero-order valence-electron chi connectivity index (χ0n) is 11.2. The summed E-state index contributed by atoms with van der Waals surface area (Å²) in [5, 5.41) is 4.44. The molecule has 0 aromatic carbocycles. The van der Waals surface area contributed by atoms with Crippen LogP contribution in [0, 0.1) is 3.70 Å². The number of nitrogens with zero attached hydrogens (tertiary/aromatic N) is 2. The Morgan fingerprint density at radius 1 is 1.19 bits per heavy atom. The third kappa shape index (κ3) is 2.47. The maximum absolute atomic E-state index is 4.55. The minimum Gasteiger partial charge on any atom is -0.339 e. The van der Waals surface area contributed by atoms with E-state index in [9.17, 15) is 0 Å². The smallest absolute Gasteiger partial charge is 0.137 e. The van der Waals surface area contributed by atoms with Gasteiger partial charge in [-0.2, -0.15) is 0 Å². The summed E-state index contributed by atoms with van der Waals surface area (Å²) in [6.45, 7) is 1.86. The van der Waals surface area contributed by atoms with Crippen LogP contribution in [-0.4, -0.2) is 28.0 Å². The van der Waals surface area contributed by atoms with Gasteiger partial charge in [0.25, 0.3) is 0 Å². The van der Waals surface area contributed by atoms with Gasteiger partial charge < -0.3 is 10.3 Å².